The standard InChI is InChI=1S/C32H32FN9O2/c1-19-23(24-13-21(33)8-9-27(24)35-19)14-30(43)42-11-10-41(17-22-16-40(2)39-38-22)18-29(42)31-34-15-28(36-31)25-12-20-6-4-5-7-26(20)37-32(25)44-3/h4-9,12-13,15-16,29,35H,10-11,14,17-18H2,1-3H3,(H,34,36). The number of aromatic nitrogens is 7. The first-order valence-corrected chi connectivity index (χ1v) is 14.5. The minimum absolute atomic E-state index is 0.0506. The lowest BCUT2D eigenvalue weighted by molar-refractivity contribution is -0.136. The number of amides is 1. The highest BCUT2D eigenvalue weighted by molar-refractivity contribution is 5.90. The maximum atomic E-state index is 14.2. The molecule has 7 rings (SSSR count). The fourth-order valence-corrected chi connectivity index (χ4v) is 6.14. The number of carbonyl (C=O) groups excluding carboxylic acids is 1. The Labute approximate surface area is 252 Å². The Kier molecular flexibility index (Phi) is 7.05. The highest BCUT2D eigenvalue weighted by atomic mass is 19.1. The van der Waals surface area contributed by atoms with E-state index in [-0.39, 0.29) is 24.2 Å². The molecule has 5 heterocycles. The predicted molar refractivity (Wildman–Crippen MR) is 163 cm³/mol. The fraction of sp³-hybridized carbons (Fsp3) is 0.281. The van der Waals surface area contributed by atoms with Crippen LogP contribution in [0, 0.1) is 12.7 Å². The van der Waals surface area contributed by atoms with E-state index in [0.29, 0.717) is 37.9 Å². The number of pyridine rings is 1. The summed E-state index contributed by atoms with van der Waals surface area (Å²) in [7, 11) is 3.44. The van der Waals surface area contributed by atoms with Crippen molar-refractivity contribution in [3.63, 3.8) is 0 Å². The van der Waals surface area contributed by atoms with Crippen LogP contribution < -0.4 is 4.74 Å². The number of H-pyrrole nitrogens is 2. The number of rotatable bonds is 7. The van der Waals surface area contributed by atoms with Crippen molar-refractivity contribution in [3.8, 4) is 17.1 Å². The number of aryl methyl sites for hydroxylation is 2. The Hall–Kier alpha value is -5.10. The first-order valence-electron chi connectivity index (χ1n) is 14.5. The molecule has 0 spiro atoms. The lowest BCUT2D eigenvalue weighted by atomic mass is 10.0. The van der Waals surface area contributed by atoms with E-state index in [0.717, 1.165) is 50.0 Å². The van der Waals surface area contributed by atoms with Gasteiger partial charge in [-0.2, -0.15) is 0 Å². The Bertz CT molecular complexity index is 1990. The number of para-hydroxylation sites is 1. The monoisotopic (exact) mass is 593 g/mol. The molecule has 1 aliphatic rings. The number of nitrogens with zero attached hydrogens (tertiary/aromatic N) is 7. The van der Waals surface area contributed by atoms with E-state index < -0.39 is 0 Å². The van der Waals surface area contributed by atoms with Crippen molar-refractivity contribution in [1.82, 2.24) is 44.7 Å². The van der Waals surface area contributed by atoms with Crippen LogP contribution in [0.5, 0.6) is 5.88 Å². The number of hydrogen-bond donors (Lipinski definition) is 2. The van der Waals surface area contributed by atoms with Crippen LogP contribution in [-0.4, -0.2) is 77.4 Å². The minimum Gasteiger partial charge on any atom is -0.480 e. The molecule has 1 atom stereocenters. The summed E-state index contributed by atoms with van der Waals surface area (Å²) in [4.78, 5) is 34.4. The van der Waals surface area contributed by atoms with Crippen LogP contribution in [0.1, 0.15) is 28.8 Å². The summed E-state index contributed by atoms with van der Waals surface area (Å²) in [5, 5.41) is 10.0. The zero-order valence-electron chi connectivity index (χ0n) is 24.7. The number of imidazole rings is 1. The van der Waals surface area contributed by atoms with Gasteiger partial charge in [0, 0.05) is 61.4 Å². The summed E-state index contributed by atoms with van der Waals surface area (Å²) in [6, 6.07) is 14.2. The van der Waals surface area contributed by atoms with Crippen LogP contribution in [0.25, 0.3) is 33.1 Å². The van der Waals surface area contributed by atoms with E-state index in [1.54, 1.807) is 24.1 Å². The second kappa shape index (κ2) is 11.2. The van der Waals surface area contributed by atoms with Gasteiger partial charge in [-0.05, 0) is 42.8 Å². The molecule has 11 nitrogen and oxygen atoms in total. The topological polar surface area (TPSA) is 121 Å². The third-order valence-corrected chi connectivity index (χ3v) is 8.31. The number of ether oxygens (including phenoxy) is 1. The molecule has 1 fully saturated rings. The zero-order chi connectivity index (χ0) is 30.4. The summed E-state index contributed by atoms with van der Waals surface area (Å²) in [5.41, 5.74) is 5.69. The predicted octanol–water partition coefficient (Wildman–Crippen LogP) is 4.32. The van der Waals surface area contributed by atoms with E-state index in [1.165, 1.54) is 12.1 Å². The van der Waals surface area contributed by atoms with Crippen LogP contribution in [-0.2, 0) is 24.8 Å². The summed E-state index contributed by atoms with van der Waals surface area (Å²) < 4.78 is 21.5. The maximum Gasteiger partial charge on any atom is 0.227 e. The van der Waals surface area contributed by atoms with E-state index in [4.69, 9.17) is 9.72 Å². The van der Waals surface area contributed by atoms with Gasteiger partial charge in [-0.3, -0.25) is 14.4 Å². The summed E-state index contributed by atoms with van der Waals surface area (Å²) in [6.07, 6.45) is 3.81. The second-order valence-electron chi connectivity index (χ2n) is 11.2. The molecule has 0 aliphatic carbocycles. The van der Waals surface area contributed by atoms with Crippen molar-refractivity contribution in [2.24, 2.45) is 7.05 Å². The number of nitrogens with one attached hydrogen (secondary N) is 2. The van der Waals surface area contributed by atoms with Crippen LogP contribution in [0.4, 0.5) is 4.39 Å². The molecule has 1 amide bonds. The number of halogens is 1. The fourth-order valence-electron chi connectivity index (χ4n) is 6.14. The molecule has 1 aliphatic heterocycles. The summed E-state index contributed by atoms with van der Waals surface area (Å²) in [5.74, 6) is 0.767. The second-order valence-corrected chi connectivity index (χ2v) is 11.2. The Balaban J connectivity index is 1.22. The van der Waals surface area contributed by atoms with Crippen LogP contribution in [0.3, 0.4) is 0 Å². The SMILES string of the molecule is COc1nc2ccccc2cc1-c1cnc(C2CN(Cc3cn(C)nn3)CCN2C(=O)Cc2c(C)[nH]c3ccc(F)cc23)[nH]1. The van der Waals surface area contributed by atoms with Crippen molar-refractivity contribution < 1.29 is 13.9 Å². The molecule has 12 heteroatoms. The van der Waals surface area contributed by atoms with Gasteiger partial charge < -0.3 is 19.6 Å². The molecule has 1 unspecified atom stereocenters. The van der Waals surface area contributed by atoms with Crippen molar-refractivity contribution in [1.29, 1.82) is 0 Å². The number of aromatic amines is 2. The molecule has 0 saturated carbocycles. The maximum absolute atomic E-state index is 14.2. The van der Waals surface area contributed by atoms with Gasteiger partial charge in [0.15, 0.2) is 0 Å². The van der Waals surface area contributed by atoms with Gasteiger partial charge in [-0.15, -0.1) is 5.10 Å². The quantitative estimate of drug-likeness (QED) is 0.283. The first-order chi connectivity index (χ1) is 21.4. The van der Waals surface area contributed by atoms with Gasteiger partial charge in [0.25, 0.3) is 0 Å². The Morgan fingerprint density at radius 3 is 2.82 bits per heavy atom. The van der Waals surface area contributed by atoms with Gasteiger partial charge in [0.1, 0.15) is 17.7 Å². The van der Waals surface area contributed by atoms with E-state index in [9.17, 15) is 9.18 Å². The van der Waals surface area contributed by atoms with Gasteiger partial charge in [0.2, 0.25) is 11.8 Å². The number of hydrogen-bond acceptors (Lipinski definition) is 7. The third kappa shape index (κ3) is 5.17. The molecule has 2 aromatic carbocycles. The van der Waals surface area contributed by atoms with Gasteiger partial charge in [-0.1, -0.05) is 23.4 Å². The molecule has 44 heavy (non-hydrogen) atoms. The van der Waals surface area contributed by atoms with Crippen LogP contribution in [0.2, 0.25) is 0 Å². The summed E-state index contributed by atoms with van der Waals surface area (Å²) in [6.45, 7) is 4.22. The van der Waals surface area contributed by atoms with E-state index in [1.807, 2.05) is 55.4 Å². The average molecular weight is 594 g/mol. The molecule has 0 bridgehead atoms. The first kappa shape index (κ1) is 27.7. The van der Waals surface area contributed by atoms with Crippen molar-refractivity contribution in [3.05, 3.63) is 89.5 Å². The lowest BCUT2D eigenvalue weighted by Gasteiger charge is -2.40. The van der Waals surface area contributed by atoms with Crippen molar-refractivity contribution in [2.75, 3.05) is 26.7 Å². The van der Waals surface area contributed by atoms with Gasteiger partial charge in [0.05, 0.1) is 42.2 Å². The number of carbonyl (C=O) groups is 1. The van der Waals surface area contributed by atoms with Crippen molar-refractivity contribution in [2.45, 2.75) is 25.9 Å². The number of methoxy groups -OCH3 is 1. The zero-order valence-corrected chi connectivity index (χ0v) is 24.7. The molecule has 0 radical (unpaired) electrons. The average Bonchev–Trinajstić information content (AvgIpc) is 3.75. The van der Waals surface area contributed by atoms with Gasteiger partial charge in [-0.25, -0.2) is 14.4 Å². The largest absolute Gasteiger partial charge is 0.480 e. The third-order valence-electron chi connectivity index (χ3n) is 8.31. The summed E-state index contributed by atoms with van der Waals surface area (Å²) >= 11 is 0. The Morgan fingerprint density at radius 1 is 1.14 bits per heavy atom. The highest BCUT2D eigenvalue weighted by Crippen LogP contribution is 2.33. The van der Waals surface area contributed by atoms with Crippen LogP contribution >= 0.6 is 0 Å². The number of benzene rings is 2. The molecule has 6 aromatic rings. The smallest absolute Gasteiger partial charge is 0.227 e. The minimum atomic E-state index is -0.358. The molecule has 224 valence electrons. The molecular weight excluding hydrogens is 561 g/mol. The van der Waals surface area contributed by atoms with Crippen LogP contribution in [0.15, 0.2) is 60.9 Å². The molecule has 1 saturated heterocycles. The van der Waals surface area contributed by atoms with E-state index in [2.05, 4.69) is 30.2 Å². The van der Waals surface area contributed by atoms with Crippen molar-refractivity contribution >= 4 is 27.7 Å². The normalized spacial score (nSPS) is 15.8. The van der Waals surface area contributed by atoms with E-state index >= 15 is 0 Å². The van der Waals surface area contributed by atoms with Gasteiger partial charge >= 0.3 is 0 Å². The number of piperazine rings is 1. The molecular formula is C32H32FN9O2. The molecule has 2 N–H and O–H groups in total. The Morgan fingerprint density at radius 2 is 2.00 bits per heavy atom. The molecule has 4 aromatic heterocycles. The lowest BCUT2D eigenvalue weighted by Crippen LogP contribution is -2.51. The highest BCUT2D eigenvalue weighted by Gasteiger charge is 2.34. The number of fused-ring (bicyclic) bond motifs is 2.